The van der Waals surface area contributed by atoms with E-state index in [0.717, 1.165) is 31.7 Å². The minimum Gasteiger partial charge on any atom is -0.376 e. The Hall–Kier alpha value is -1.70. The van der Waals surface area contributed by atoms with E-state index in [4.69, 9.17) is 4.74 Å². The highest BCUT2D eigenvalue weighted by molar-refractivity contribution is 7.91. The summed E-state index contributed by atoms with van der Waals surface area (Å²) in [6.07, 6.45) is 4.34. The molecule has 1 saturated heterocycles. The van der Waals surface area contributed by atoms with Gasteiger partial charge in [0.15, 0.2) is 0 Å². The van der Waals surface area contributed by atoms with Crippen molar-refractivity contribution in [2.24, 2.45) is 0 Å². The Morgan fingerprint density at radius 2 is 2.04 bits per heavy atom. The van der Waals surface area contributed by atoms with Gasteiger partial charge in [-0.25, -0.2) is 13.4 Å². The predicted octanol–water partition coefficient (Wildman–Crippen LogP) is 2.88. The van der Waals surface area contributed by atoms with Crippen molar-refractivity contribution in [3.8, 4) is 0 Å². The van der Waals surface area contributed by atoms with Crippen LogP contribution in [0, 0.1) is 0 Å². The van der Waals surface area contributed by atoms with Crippen molar-refractivity contribution in [2.75, 3.05) is 19.4 Å². The molecule has 27 heavy (non-hydrogen) atoms. The van der Waals surface area contributed by atoms with Crippen LogP contribution in [0.1, 0.15) is 37.4 Å². The van der Waals surface area contributed by atoms with E-state index >= 15 is 0 Å². The van der Waals surface area contributed by atoms with Crippen molar-refractivity contribution in [3.63, 3.8) is 0 Å². The summed E-state index contributed by atoms with van der Waals surface area (Å²) in [7, 11) is -1.34. The van der Waals surface area contributed by atoms with Crippen molar-refractivity contribution in [3.05, 3.63) is 47.8 Å². The first-order chi connectivity index (χ1) is 13.0. The molecule has 0 unspecified atom stereocenters. The van der Waals surface area contributed by atoms with Gasteiger partial charge in [-0.2, -0.15) is 0 Å². The summed E-state index contributed by atoms with van der Waals surface area (Å²) in [5, 5.41) is 0.183. The third-order valence-corrected chi connectivity index (χ3v) is 6.62. The minimum absolute atomic E-state index is 0.0629. The van der Waals surface area contributed by atoms with Crippen LogP contribution < -0.4 is 0 Å². The van der Waals surface area contributed by atoms with Crippen molar-refractivity contribution in [2.45, 2.75) is 57.1 Å². The van der Waals surface area contributed by atoms with Gasteiger partial charge in [-0.1, -0.05) is 37.3 Å². The maximum Gasteiger partial charge on any atom is 0.227 e. The number of nitrogens with zero attached hydrogens (tertiary/aromatic N) is 3. The third-order valence-electron chi connectivity index (χ3n) is 4.79. The van der Waals surface area contributed by atoms with Crippen LogP contribution in [0.2, 0.25) is 0 Å². The van der Waals surface area contributed by atoms with E-state index in [2.05, 4.69) is 22.0 Å². The molecule has 0 saturated carbocycles. The highest BCUT2D eigenvalue weighted by Gasteiger charge is 2.26. The van der Waals surface area contributed by atoms with Gasteiger partial charge in [0.1, 0.15) is 0 Å². The Labute approximate surface area is 162 Å². The van der Waals surface area contributed by atoms with Gasteiger partial charge in [-0.15, -0.1) is 0 Å². The molecule has 6 nitrogen and oxygen atoms in total. The third kappa shape index (κ3) is 5.18. The standard InChI is InChI=1S/C20H29N3O3S/c1-3-12-27(24,25)20-21-13-18(23(20)16-19-10-7-11-26-19)15-22(2)14-17-8-5-4-6-9-17/h4-6,8-9,13,19H,3,7,10-12,14-16H2,1-2H3/t19-/m1/s1. The van der Waals surface area contributed by atoms with Gasteiger partial charge in [0.25, 0.3) is 0 Å². The maximum atomic E-state index is 12.7. The average Bonchev–Trinajstić information content (AvgIpc) is 3.27. The van der Waals surface area contributed by atoms with Crippen molar-refractivity contribution in [1.29, 1.82) is 0 Å². The second-order valence-electron chi connectivity index (χ2n) is 7.25. The predicted molar refractivity (Wildman–Crippen MR) is 105 cm³/mol. The van der Waals surface area contributed by atoms with Crippen molar-refractivity contribution >= 4 is 9.84 Å². The molecule has 0 amide bonds. The molecule has 1 aromatic heterocycles. The Morgan fingerprint density at radius 1 is 1.26 bits per heavy atom. The first kappa shape index (κ1) is 20.0. The molecule has 0 spiro atoms. The second-order valence-corrected chi connectivity index (χ2v) is 9.26. The first-order valence-electron chi connectivity index (χ1n) is 9.61. The van der Waals surface area contributed by atoms with Crippen LogP contribution in [0.5, 0.6) is 0 Å². The summed E-state index contributed by atoms with van der Waals surface area (Å²) in [6, 6.07) is 10.3. The molecule has 0 bridgehead atoms. The number of hydrogen-bond donors (Lipinski definition) is 0. The van der Waals surface area contributed by atoms with Gasteiger partial charge in [0, 0.05) is 19.7 Å². The molecule has 0 N–H and O–H groups in total. The minimum atomic E-state index is -3.38. The van der Waals surface area contributed by atoms with Crippen LogP contribution in [-0.4, -0.2) is 48.4 Å². The van der Waals surface area contributed by atoms with Crippen LogP contribution in [0.15, 0.2) is 41.7 Å². The zero-order chi connectivity index (χ0) is 19.3. The number of sulfone groups is 1. The quantitative estimate of drug-likeness (QED) is 0.658. The molecule has 3 rings (SSSR count). The number of ether oxygens (including phenoxy) is 1. The van der Waals surface area contributed by atoms with Gasteiger partial charge in [-0.05, 0) is 31.9 Å². The van der Waals surface area contributed by atoms with Crippen LogP contribution in [0.4, 0.5) is 0 Å². The summed E-state index contributed by atoms with van der Waals surface area (Å²) >= 11 is 0. The molecule has 2 heterocycles. The molecule has 1 fully saturated rings. The molecule has 0 aliphatic carbocycles. The number of hydrogen-bond acceptors (Lipinski definition) is 5. The monoisotopic (exact) mass is 391 g/mol. The normalized spacial score (nSPS) is 17.7. The summed E-state index contributed by atoms with van der Waals surface area (Å²) < 4.78 is 33.0. The molecule has 0 radical (unpaired) electrons. The molecule has 1 aliphatic rings. The van der Waals surface area contributed by atoms with E-state index in [0.29, 0.717) is 19.5 Å². The van der Waals surface area contributed by atoms with Crippen LogP contribution in [0.25, 0.3) is 0 Å². The number of rotatable bonds is 9. The Bertz CT molecular complexity index is 827. The second kappa shape index (κ2) is 8.99. The zero-order valence-corrected chi connectivity index (χ0v) is 17.0. The molecule has 2 aromatic rings. The molecule has 7 heteroatoms. The van der Waals surface area contributed by atoms with Crippen molar-refractivity contribution < 1.29 is 13.2 Å². The van der Waals surface area contributed by atoms with Gasteiger partial charge in [0.05, 0.1) is 30.3 Å². The van der Waals surface area contributed by atoms with E-state index in [9.17, 15) is 8.42 Å². The highest BCUT2D eigenvalue weighted by Crippen LogP contribution is 2.21. The molecule has 1 atom stereocenters. The summed E-state index contributed by atoms with van der Waals surface area (Å²) in [6.45, 7) is 4.60. The summed E-state index contributed by atoms with van der Waals surface area (Å²) in [5.74, 6) is 0.120. The lowest BCUT2D eigenvalue weighted by Gasteiger charge is -2.20. The Morgan fingerprint density at radius 3 is 2.70 bits per heavy atom. The lowest BCUT2D eigenvalue weighted by atomic mass is 10.2. The molecule has 148 valence electrons. The van der Waals surface area contributed by atoms with Gasteiger partial charge < -0.3 is 9.30 Å². The van der Waals surface area contributed by atoms with E-state index in [1.165, 1.54) is 5.56 Å². The smallest absolute Gasteiger partial charge is 0.227 e. The lowest BCUT2D eigenvalue weighted by molar-refractivity contribution is 0.0934. The van der Waals surface area contributed by atoms with Gasteiger partial charge in [0.2, 0.25) is 15.0 Å². The van der Waals surface area contributed by atoms with Gasteiger partial charge >= 0.3 is 0 Å². The largest absolute Gasteiger partial charge is 0.376 e. The molecular formula is C20H29N3O3S. The Kier molecular flexibility index (Phi) is 6.68. The fourth-order valence-electron chi connectivity index (χ4n) is 3.54. The number of benzene rings is 1. The van der Waals surface area contributed by atoms with Crippen LogP contribution >= 0.6 is 0 Å². The number of imidazole rings is 1. The zero-order valence-electron chi connectivity index (χ0n) is 16.2. The topological polar surface area (TPSA) is 64.4 Å². The highest BCUT2D eigenvalue weighted by atomic mass is 32.2. The lowest BCUT2D eigenvalue weighted by Crippen LogP contribution is -2.25. The summed E-state index contributed by atoms with van der Waals surface area (Å²) in [5.41, 5.74) is 2.14. The van der Waals surface area contributed by atoms with Gasteiger partial charge in [-0.3, -0.25) is 4.90 Å². The van der Waals surface area contributed by atoms with Crippen molar-refractivity contribution in [1.82, 2.24) is 14.5 Å². The molecule has 1 aromatic carbocycles. The first-order valence-corrected chi connectivity index (χ1v) is 11.3. The number of aromatic nitrogens is 2. The SMILES string of the molecule is CCCS(=O)(=O)c1ncc(CN(C)Cc2ccccc2)n1C[C@H]1CCCO1. The molecular weight excluding hydrogens is 362 g/mol. The maximum absolute atomic E-state index is 12.7. The van der Waals surface area contributed by atoms with E-state index in [1.54, 1.807) is 6.20 Å². The fraction of sp³-hybridized carbons (Fsp3) is 0.550. The van der Waals surface area contributed by atoms with Crippen LogP contribution in [0.3, 0.4) is 0 Å². The van der Waals surface area contributed by atoms with Crippen LogP contribution in [-0.2, 0) is 34.2 Å². The summed E-state index contributed by atoms with van der Waals surface area (Å²) in [4.78, 5) is 6.48. The Balaban J connectivity index is 1.81. The average molecular weight is 392 g/mol. The molecule has 1 aliphatic heterocycles. The van der Waals surface area contributed by atoms with E-state index in [-0.39, 0.29) is 17.0 Å². The van der Waals surface area contributed by atoms with E-state index in [1.807, 2.05) is 36.7 Å². The fourth-order valence-corrected chi connectivity index (χ4v) is 5.00. The van der Waals surface area contributed by atoms with E-state index < -0.39 is 9.84 Å².